The standard InChI is InChI=1S/C15H14ClNO2/c1-19-10-11-3-2-4-14(9-11)17-15(18)12-5-7-13(16)8-6-12/h2-9H,10H2,1H3,(H,17,18). The topological polar surface area (TPSA) is 38.3 Å². The lowest BCUT2D eigenvalue weighted by molar-refractivity contribution is 0.102. The molecular formula is C15H14ClNO2. The summed E-state index contributed by atoms with van der Waals surface area (Å²) in [6.45, 7) is 0.519. The third kappa shape index (κ3) is 3.81. The van der Waals surface area contributed by atoms with Crippen LogP contribution in [0.25, 0.3) is 0 Å². The predicted molar refractivity (Wildman–Crippen MR) is 76.6 cm³/mol. The van der Waals surface area contributed by atoms with Gasteiger partial charge in [0.1, 0.15) is 0 Å². The van der Waals surface area contributed by atoms with E-state index in [0.29, 0.717) is 17.2 Å². The van der Waals surface area contributed by atoms with E-state index in [9.17, 15) is 4.79 Å². The number of nitrogens with one attached hydrogen (secondary N) is 1. The second-order valence-corrected chi connectivity index (χ2v) is 4.53. The molecule has 3 nitrogen and oxygen atoms in total. The van der Waals surface area contributed by atoms with E-state index in [0.717, 1.165) is 11.3 Å². The Morgan fingerprint density at radius 2 is 1.95 bits per heavy atom. The molecule has 0 aliphatic rings. The van der Waals surface area contributed by atoms with Crippen molar-refractivity contribution in [1.82, 2.24) is 0 Å². The maximum atomic E-state index is 12.0. The zero-order chi connectivity index (χ0) is 13.7. The second-order valence-electron chi connectivity index (χ2n) is 4.09. The number of benzene rings is 2. The van der Waals surface area contributed by atoms with Gasteiger partial charge in [-0.15, -0.1) is 0 Å². The van der Waals surface area contributed by atoms with Gasteiger partial charge in [-0.05, 0) is 42.0 Å². The summed E-state index contributed by atoms with van der Waals surface area (Å²) in [5.74, 6) is -0.161. The van der Waals surface area contributed by atoms with Crippen molar-refractivity contribution < 1.29 is 9.53 Å². The average Bonchev–Trinajstić information content (AvgIpc) is 2.40. The Bertz CT molecular complexity index is 567. The molecule has 98 valence electrons. The monoisotopic (exact) mass is 275 g/mol. The van der Waals surface area contributed by atoms with Gasteiger partial charge in [-0.1, -0.05) is 23.7 Å². The molecule has 0 spiro atoms. The maximum Gasteiger partial charge on any atom is 0.255 e. The van der Waals surface area contributed by atoms with Crippen LogP contribution in [-0.4, -0.2) is 13.0 Å². The Hall–Kier alpha value is -1.84. The Labute approximate surface area is 117 Å². The summed E-state index contributed by atoms with van der Waals surface area (Å²) in [6.07, 6.45) is 0. The SMILES string of the molecule is COCc1cccc(NC(=O)c2ccc(Cl)cc2)c1. The van der Waals surface area contributed by atoms with Gasteiger partial charge in [0, 0.05) is 23.4 Å². The fourth-order valence-electron chi connectivity index (χ4n) is 1.71. The molecule has 0 fully saturated rings. The number of halogens is 1. The van der Waals surface area contributed by atoms with E-state index in [-0.39, 0.29) is 5.91 Å². The lowest BCUT2D eigenvalue weighted by atomic mass is 10.2. The lowest BCUT2D eigenvalue weighted by Crippen LogP contribution is -2.11. The Kier molecular flexibility index (Phi) is 4.55. The maximum absolute atomic E-state index is 12.0. The first-order chi connectivity index (χ1) is 9.19. The van der Waals surface area contributed by atoms with Gasteiger partial charge in [-0.2, -0.15) is 0 Å². The number of methoxy groups -OCH3 is 1. The van der Waals surface area contributed by atoms with Gasteiger partial charge in [0.05, 0.1) is 6.61 Å². The summed E-state index contributed by atoms with van der Waals surface area (Å²) < 4.78 is 5.06. The van der Waals surface area contributed by atoms with Gasteiger partial charge in [-0.25, -0.2) is 0 Å². The van der Waals surface area contributed by atoms with Crippen molar-refractivity contribution in [3.05, 3.63) is 64.7 Å². The molecule has 0 aliphatic carbocycles. The van der Waals surface area contributed by atoms with Gasteiger partial charge < -0.3 is 10.1 Å². The van der Waals surface area contributed by atoms with E-state index in [2.05, 4.69) is 5.32 Å². The summed E-state index contributed by atoms with van der Waals surface area (Å²) in [4.78, 5) is 12.0. The summed E-state index contributed by atoms with van der Waals surface area (Å²) in [6, 6.07) is 14.3. The normalized spacial score (nSPS) is 10.2. The number of carbonyl (C=O) groups excluding carboxylic acids is 1. The Morgan fingerprint density at radius 3 is 2.63 bits per heavy atom. The third-order valence-corrected chi connectivity index (χ3v) is 2.85. The van der Waals surface area contributed by atoms with E-state index in [1.54, 1.807) is 31.4 Å². The molecule has 0 heterocycles. The molecule has 0 radical (unpaired) electrons. The van der Waals surface area contributed by atoms with Gasteiger partial charge >= 0.3 is 0 Å². The number of rotatable bonds is 4. The van der Waals surface area contributed by atoms with Gasteiger partial charge in [0.25, 0.3) is 5.91 Å². The zero-order valence-electron chi connectivity index (χ0n) is 10.5. The van der Waals surface area contributed by atoms with Crippen molar-refractivity contribution in [2.75, 3.05) is 12.4 Å². The number of carbonyl (C=O) groups is 1. The number of ether oxygens (including phenoxy) is 1. The quantitative estimate of drug-likeness (QED) is 0.923. The van der Waals surface area contributed by atoms with Crippen molar-refractivity contribution in [2.45, 2.75) is 6.61 Å². The minimum atomic E-state index is -0.161. The summed E-state index contributed by atoms with van der Waals surface area (Å²) in [5.41, 5.74) is 2.33. The third-order valence-electron chi connectivity index (χ3n) is 2.60. The number of amides is 1. The van der Waals surface area contributed by atoms with Crippen LogP contribution in [0.5, 0.6) is 0 Å². The van der Waals surface area contributed by atoms with Crippen molar-refractivity contribution in [3.8, 4) is 0 Å². The molecule has 0 unspecified atom stereocenters. The van der Waals surface area contributed by atoms with Gasteiger partial charge in [0.2, 0.25) is 0 Å². The van der Waals surface area contributed by atoms with Crippen LogP contribution in [0.3, 0.4) is 0 Å². The highest BCUT2D eigenvalue weighted by atomic mass is 35.5. The molecule has 19 heavy (non-hydrogen) atoms. The molecule has 2 rings (SSSR count). The van der Waals surface area contributed by atoms with Crippen LogP contribution in [-0.2, 0) is 11.3 Å². The Balaban J connectivity index is 2.10. The minimum Gasteiger partial charge on any atom is -0.380 e. The van der Waals surface area contributed by atoms with Crippen LogP contribution >= 0.6 is 11.6 Å². The van der Waals surface area contributed by atoms with Gasteiger partial charge in [-0.3, -0.25) is 4.79 Å². The van der Waals surface area contributed by atoms with Crippen LogP contribution in [0.4, 0.5) is 5.69 Å². The molecular weight excluding hydrogens is 262 g/mol. The molecule has 0 aliphatic heterocycles. The first-order valence-electron chi connectivity index (χ1n) is 5.84. The first kappa shape index (κ1) is 13.6. The van der Waals surface area contributed by atoms with Crippen LogP contribution in [0.2, 0.25) is 5.02 Å². The highest BCUT2D eigenvalue weighted by Crippen LogP contribution is 2.14. The average molecular weight is 276 g/mol. The lowest BCUT2D eigenvalue weighted by Gasteiger charge is -2.07. The molecule has 1 amide bonds. The largest absolute Gasteiger partial charge is 0.380 e. The molecule has 2 aromatic carbocycles. The molecule has 2 aromatic rings. The van der Waals surface area contributed by atoms with Crippen LogP contribution in [0.1, 0.15) is 15.9 Å². The van der Waals surface area contributed by atoms with Crippen molar-refractivity contribution >= 4 is 23.2 Å². The minimum absolute atomic E-state index is 0.161. The predicted octanol–water partition coefficient (Wildman–Crippen LogP) is 3.74. The van der Waals surface area contributed by atoms with E-state index < -0.39 is 0 Å². The first-order valence-corrected chi connectivity index (χ1v) is 6.21. The molecule has 0 bridgehead atoms. The molecule has 1 N–H and O–H groups in total. The molecule has 0 saturated heterocycles. The highest BCUT2D eigenvalue weighted by molar-refractivity contribution is 6.30. The summed E-state index contributed by atoms with van der Waals surface area (Å²) in [5, 5.41) is 3.45. The van der Waals surface area contributed by atoms with Crippen LogP contribution in [0, 0.1) is 0 Å². The second kappa shape index (κ2) is 6.36. The zero-order valence-corrected chi connectivity index (χ0v) is 11.3. The molecule has 0 saturated carbocycles. The smallest absolute Gasteiger partial charge is 0.255 e. The number of anilines is 1. The summed E-state index contributed by atoms with van der Waals surface area (Å²) in [7, 11) is 1.64. The molecule has 4 heteroatoms. The van der Waals surface area contributed by atoms with Crippen LogP contribution < -0.4 is 5.32 Å². The fourth-order valence-corrected chi connectivity index (χ4v) is 1.84. The van der Waals surface area contributed by atoms with E-state index in [1.165, 1.54) is 0 Å². The van der Waals surface area contributed by atoms with Gasteiger partial charge in [0.15, 0.2) is 0 Å². The fraction of sp³-hybridized carbons (Fsp3) is 0.133. The van der Waals surface area contributed by atoms with Crippen molar-refractivity contribution in [1.29, 1.82) is 0 Å². The number of hydrogen-bond acceptors (Lipinski definition) is 2. The Morgan fingerprint density at radius 1 is 1.21 bits per heavy atom. The molecule has 0 atom stereocenters. The van der Waals surface area contributed by atoms with Crippen LogP contribution in [0.15, 0.2) is 48.5 Å². The summed E-state index contributed by atoms with van der Waals surface area (Å²) >= 11 is 5.79. The number of hydrogen-bond donors (Lipinski definition) is 1. The van der Waals surface area contributed by atoms with Crippen molar-refractivity contribution in [3.63, 3.8) is 0 Å². The highest BCUT2D eigenvalue weighted by Gasteiger charge is 2.06. The van der Waals surface area contributed by atoms with E-state index in [4.69, 9.17) is 16.3 Å². The molecule has 0 aromatic heterocycles. The van der Waals surface area contributed by atoms with E-state index >= 15 is 0 Å². The van der Waals surface area contributed by atoms with Crippen molar-refractivity contribution in [2.24, 2.45) is 0 Å². The van der Waals surface area contributed by atoms with E-state index in [1.807, 2.05) is 24.3 Å².